The molecule has 14 nitrogen and oxygen atoms in total. The average Bonchev–Trinajstić information content (AvgIpc) is 0.774. The molecule has 3 atom stereocenters. The number of alkyl halides is 18. The Labute approximate surface area is 578 Å². The Morgan fingerprint density at radius 3 is 0.767 bits per heavy atom. The highest BCUT2D eigenvalue weighted by Gasteiger charge is 2.53. The van der Waals surface area contributed by atoms with Gasteiger partial charge in [0.15, 0.2) is 0 Å². The van der Waals surface area contributed by atoms with Crippen LogP contribution < -0.4 is 0 Å². The summed E-state index contributed by atoms with van der Waals surface area (Å²) < 4.78 is 256. The number of benzene rings is 6. The fourth-order valence-electron chi connectivity index (χ4n) is 13.3. The molecule has 0 saturated heterocycles. The molecular weight excluding hydrogens is 1410 g/mol. The van der Waals surface area contributed by atoms with Crippen molar-refractivity contribution in [2.75, 3.05) is 33.0 Å². The van der Waals surface area contributed by atoms with Crippen LogP contribution in [0.5, 0.6) is 0 Å². The summed E-state index contributed by atoms with van der Waals surface area (Å²) in [5, 5.41) is 53.6. The molecule has 6 aromatic carbocycles. The Morgan fingerprint density at radius 2 is 0.583 bits per heavy atom. The van der Waals surface area contributed by atoms with E-state index in [2.05, 4.69) is 0 Å². The molecule has 0 radical (unpaired) electrons. The zero-order chi connectivity index (χ0) is 76.6. The molecule has 0 unspecified atom stereocenters. The maximum atomic E-state index is 13.2. The molecule has 564 valence electrons. The quantitative estimate of drug-likeness (QED) is 0.0419. The zero-order valence-corrected chi connectivity index (χ0v) is 55.4. The number of nitro groups is 3. The van der Waals surface area contributed by atoms with Crippen LogP contribution in [0.3, 0.4) is 0 Å². The minimum Gasteiger partial charge on any atom is -0.389 e. The second-order valence-electron chi connectivity index (χ2n) is 26.6. The first-order valence-corrected chi connectivity index (χ1v) is 32.3. The third-order valence-corrected chi connectivity index (χ3v) is 20.1. The third kappa shape index (κ3) is 20.3. The van der Waals surface area contributed by atoms with Gasteiger partial charge in [-0.15, -0.1) is 0 Å². The van der Waals surface area contributed by atoms with E-state index in [1.54, 1.807) is 60.7 Å². The molecule has 2 N–H and O–H groups in total. The summed E-state index contributed by atoms with van der Waals surface area (Å²) in [6.07, 6.45) is -30.4. The van der Waals surface area contributed by atoms with E-state index < -0.39 is 145 Å². The van der Waals surface area contributed by atoms with Crippen molar-refractivity contribution in [3.05, 3.63) is 243 Å². The lowest BCUT2D eigenvalue weighted by molar-refractivity contribution is -0.579. The Kier molecular flexibility index (Phi) is 25.7. The van der Waals surface area contributed by atoms with Crippen LogP contribution in [0.4, 0.5) is 79.0 Å². The van der Waals surface area contributed by atoms with Gasteiger partial charge in [-0.1, -0.05) is 91.0 Å². The second kappa shape index (κ2) is 32.2. The molecule has 0 aliphatic heterocycles. The molecule has 103 heavy (non-hydrogen) atoms. The first-order valence-electron chi connectivity index (χ1n) is 32.3. The van der Waals surface area contributed by atoms with E-state index in [0.717, 1.165) is 16.7 Å². The molecule has 3 aliphatic rings. The fraction of sp³-hybridized carbons (Fsp3) is 0.493. The van der Waals surface area contributed by atoms with Crippen LogP contribution in [0.2, 0.25) is 0 Å². The summed E-state index contributed by atoms with van der Waals surface area (Å²) in [4.78, 5) is 33.0. The van der Waals surface area contributed by atoms with Crippen molar-refractivity contribution in [1.82, 2.24) is 0 Å². The van der Waals surface area contributed by atoms with E-state index in [1.165, 1.54) is 20.8 Å². The van der Waals surface area contributed by atoms with Crippen LogP contribution in [0, 0.1) is 30.3 Å². The molecule has 9 rings (SSSR count). The lowest BCUT2D eigenvalue weighted by Gasteiger charge is -2.42. The van der Waals surface area contributed by atoms with Crippen LogP contribution in [0.15, 0.2) is 146 Å². The number of aliphatic hydroxyl groups excluding tert-OH is 2. The van der Waals surface area contributed by atoms with Crippen molar-refractivity contribution < 1.29 is 118 Å². The van der Waals surface area contributed by atoms with E-state index in [4.69, 9.17) is 14.2 Å². The van der Waals surface area contributed by atoms with E-state index in [9.17, 15) is 120 Å². The fourth-order valence-corrected chi connectivity index (χ4v) is 13.3. The predicted octanol–water partition coefficient (Wildman–Crippen LogP) is 19.6. The van der Waals surface area contributed by atoms with Crippen molar-refractivity contribution in [1.29, 1.82) is 0 Å². The standard InChI is InChI=1S/2C24H25F6NO4.C23H23F6NO3/c2*1-16(17-11-19(23(25,26)27)13-20(12-17)24(28,29)30)35-15-21(18-5-3-2-4-6-18)7-9-22(14-32,10-8-21)31(33)34;1-15(16-11-18(22(24,25)26)13-19(12-16)23(27,28)29)33-14-21(17-5-3-2-4-6-17)9-7-20(8-10-21)30(31)32/h2*2-6,11-13,16,32H,7-10,14-15H2,1H3;2-6,11-13,15,20H,7-10,14H2,1H3/t2*16-,21?,22?;15-,20?,21?/m111/s1. The van der Waals surface area contributed by atoms with Crippen LogP contribution >= 0.6 is 0 Å². The monoisotopic (exact) mass is 1490 g/mol. The van der Waals surface area contributed by atoms with Gasteiger partial charge < -0.3 is 24.4 Å². The van der Waals surface area contributed by atoms with Crippen LogP contribution in [0.25, 0.3) is 0 Å². The van der Waals surface area contributed by atoms with Gasteiger partial charge in [0.05, 0.1) is 71.5 Å². The van der Waals surface area contributed by atoms with E-state index >= 15 is 0 Å². The van der Waals surface area contributed by atoms with Gasteiger partial charge in [-0.25, -0.2) is 0 Å². The van der Waals surface area contributed by atoms with Crippen molar-refractivity contribution in [3.8, 4) is 0 Å². The molecule has 0 heterocycles. The highest BCUT2D eigenvalue weighted by Crippen LogP contribution is 2.50. The molecule has 0 aromatic heterocycles. The molecule has 3 aliphatic carbocycles. The number of hydrogen-bond acceptors (Lipinski definition) is 11. The normalized spacial score (nSPS) is 23.7. The Balaban J connectivity index is 0.000000216. The minimum absolute atomic E-state index is 0.0141. The number of rotatable bonds is 20. The first kappa shape index (κ1) is 82.3. The minimum atomic E-state index is -4.97. The maximum absolute atomic E-state index is 13.2. The van der Waals surface area contributed by atoms with Crippen molar-refractivity contribution in [3.63, 3.8) is 0 Å². The van der Waals surface area contributed by atoms with Crippen LogP contribution in [-0.4, -0.2) is 75.1 Å². The summed E-state index contributed by atoms with van der Waals surface area (Å²) in [5.41, 5.74) is -11.9. The Morgan fingerprint density at radius 1 is 0.369 bits per heavy atom. The number of halogens is 18. The van der Waals surface area contributed by atoms with Gasteiger partial charge in [0.25, 0.3) is 0 Å². The van der Waals surface area contributed by atoms with Gasteiger partial charge in [-0.2, -0.15) is 79.0 Å². The summed E-state index contributed by atoms with van der Waals surface area (Å²) in [6, 6.07) is 30.4. The Bertz CT molecular complexity index is 3550. The van der Waals surface area contributed by atoms with Crippen molar-refractivity contribution in [2.45, 2.75) is 187 Å². The van der Waals surface area contributed by atoms with E-state index in [1.807, 2.05) is 30.3 Å². The molecule has 6 aromatic rings. The number of ether oxygens (including phenoxy) is 3. The predicted molar refractivity (Wildman–Crippen MR) is 337 cm³/mol. The topological polar surface area (TPSA) is 198 Å². The number of nitrogens with zero attached hydrogens (tertiary/aromatic N) is 3. The largest absolute Gasteiger partial charge is 0.416 e. The van der Waals surface area contributed by atoms with Crippen LogP contribution in [-0.2, 0) is 67.5 Å². The molecule has 3 saturated carbocycles. The number of hydrogen-bond donors (Lipinski definition) is 2. The smallest absolute Gasteiger partial charge is 0.389 e. The summed E-state index contributed by atoms with van der Waals surface area (Å²) in [7, 11) is 0. The molecule has 0 spiro atoms. The molecular formula is C71H73F18N3O11. The van der Waals surface area contributed by atoms with Gasteiger partial charge in [-0.3, -0.25) is 30.3 Å². The number of aliphatic hydroxyl groups is 2. The summed E-state index contributed by atoms with van der Waals surface area (Å²) in [6.45, 7) is 2.73. The van der Waals surface area contributed by atoms with Crippen molar-refractivity contribution >= 4 is 0 Å². The van der Waals surface area contributed by atoms with Gasteiger partial charge >= 0.3 is 37.1 Å². The SMILES string of the molecule is C[C@@H](OCC1(c2ccccc2)CCC(CO)([N+](=O)[O-])CC1)c1cc(C(F)(F)F)cc(C(F)(F)F)c1.C[C@@H](OCC1(c2ccccc2)CCC(CO)([N+](=O)[O-])CC1)c1cc(C(F)(F)F)cc(C(F)(F)F)c1.C[C@@H](OCC1(c2ccccc2)CCC([N+](=O)[O-])CC1)c1cc(C(F)(F)F)cc(C(F)(F)F)c1. The molecule has 0 amide bonds. The summed E-state index contributed by atoms with van der Waals surface area (Å²) >= 11 is 0. The zero-order valence-electron chi connectivity index (χ0n) is 55.4. The first-order chi connectivity index (χ1) is 47.8. The lowest BCUT2D eigenvalue weighted by atomic mass is 9.65. The molecule has 32 heteroatoms. The maximum Gasteiger partial charge on any atom is 0.416 e. The summed E-state index contributed by atoms with van der Waals surface area (Å²) in [5.74, 6) is 0. The van der Waals surface area contributed by atoms with Gasteiger partial charge in [0.1, 0.15) is 13.2 Å². The van der Waals surface area contributed by atoms with Gasteiger partial charge in [-0.05, 0) is 147 Å². The van der Waals surface area contributed by atoms with Gasteiger partial charge in [0.2, 0.25) is 17.1 Å². The highest BCUT2D eigenvalue weighted by molar-refractivity contribution is 5.38. The Hall–Kier alpha value is -7.94. The second-order valence-corrected chi connectivity index (χ2v) is 26.6. The highest BCUT2D eigenvalue weighted by atomic mass is 19.4. The van der Waals surface area contributed by atoms with Crippen LogP contribution in [0.1, 0.15) is 183 Å². The van der Waals surface area contributed by atoms with E-state index in [0.29, 0.717) is 62.1 Å². The van der Waals surface area contributed by atoms with E-state index in [-0.39, 0.29) is 111 Å². The van der Waals surface area contributed by atoms with Gasteiger partial charge in [0, 0.05) is 69.5 Å². The molecule has 3 fully saturated rings. The van der Waals surface area contributed by atoms with Crippen molar-refractivity contribution in [2.24, 2.45) is 0 Å². The average molecular weight is 1490 g/mol. The molecule has 0 bridgehead atoms. The lowest BCUT2D eigenvalue weighted by Crippen LogP contribution is -2.50. The third-order valence-electron chi connectivity index (χ3n) is 20.1.